The van der Waals surface area contributed by atoms with Crippen molar-refractivity contribution in [2.24, 2.45) is 5.73 Å². The number of para-hydroxylation sites is 1. The second-order valence-corrected chi connectivity index (χ2v) is 4.20. The first-order chi connectivity index (χ1) is 7.76. The zero-order chi connectivity index (χ0) is 11.5. The lowest BCUT2D eigenvalue weighted by atomic mass is 10.0. The molecule has 2 rings (SSSR count). The van der Waals surface area contributed by atoms with E-state index in [1.54, 1.807) is 0 Å². The molecule has 3 nitrogen and oxygen atoms in total. The molecule has 0 aliphatic rings. The molecule has 1 unspecified atom stereocenters. The summed E-state index contributed by atoms with van der Waals surface area (Å²) in [5.41, 5.74) is 8.73. The molecule has 0 spiro atoms. The van der Waals surface area contributed by atoms with Crippen molar-refractivity contribution in [2.75, 3.05) is 6.54 Å². The maximum absolute atomic E-state index is 5.76. The molecular weight excluding hydrogens is 200 g/mol. The standard InChI is InChI=1S/C13H18N2O/c1-3-5-10(8-14)13-15-12-9(2)6-4-7-11(12)16-13/h4,6-7,10H,3,5,8,14H2,1-2H3. The fourth-order valence-electron chi connectivity index (χ4n) is 1.97. The molecule has 2 N–H and O–H groups in total. The minimum atomic E-state index is 0.247. The lowest BCUT2D eigenvalue weighted by Gasteiger charge is -2.07. The molecule has 0 aliphatic carbocycles. The Morgan fingerprint density at radius 3 is 2.88 bits per heavy atom. The van der Waals surface area contributed by atoms with Gasteiger partial charge in [-0.2, -0.15) is 0 Å². The van der Waals surface area contributed by atoms with Crippen LogP contribution in [0.1, 0.15) is 37.1 Å². The predicted octanol–water partition coefficient (Wildman–Crippen LogP) is 2.98. The largest absolute Gasteiger partial charge is 0.440 e. The molecular formula is C13H18N2O. The van der Waals surface area contributed by atoms with E-state index in [1.165, 1.54) is 0 Å². The van der Waals surface area contributed by atoms with Crippen LogP contribution in [0.3, 0.4) is 0 Å². The molecule has 0 amide bonds. The van der Waals surface area contributed by atoms with Crippen LogP contribution in [0.5, 0.6) is 0 Å². The Balaban J connectivity index is 2.42. The maximum Gasteiger partial charge on any atom is 0.199 e. The number of hydrogen-bond donors (Lipinski definition) is 1. The molecule has 1 aromatic carbocycles. The van der Waals surface area contributed by atoms with Gasteiger partial charge in [0.05, 0.1) is 0 Å². The van der Waals surface area contributed by atoms with E-state index in [-0.39, 0.29) is 5.92 Å². The highest BCUT2D eigenvalue weighted by atomic mass is 16.3. The van der Waals surface area contributed by atoms with Crippen molar-refractivity contribution in [3.63, 3.8) is 0 Å². The quantitative estimate of drug-likeness (QED) is 0.858. The van der Waals surface area contributed by atoms with Gasteiger partial charge in [-0.25, -0.2) is 4.98 Å². The summed E-state index contributed by atoms with van der Waals surface area (Å²) in [6, 6.07) is 5.99. The van der Waals surface area contributed by atoms with Gasteiger partial charge >= 0.3 is 0 Å². The highest BCUT2D eigenvalue weighted by molar-refractivity contribution is 5.76. The first-order valence-electron chi connectivity index (χ1n) is 5.82. The van der Waals surface area contributed by atoms with Gasteiger partial charge in [-0.3, -0.25) is 0 Å². The minimum Gasteiger partial charge on any atom is -0.440 e. The van der Waals surface area contributed by atoms with E-state index in [1.807, 2.05) is 25.1 Å². The van der Waals surface area contributed by atoms with Crippen LogP contribution in [0.25, 0.3) is 11.1 Å². The molecule has 0 saturated heterocycles. The van der Waals surface area contributed by atoms with Crippen LogP contribution in [-0.2, 0) is 0 Å². The molecule has 16 heavy (non-hydrogen) atoms. The van der Waals surface area contributed by atoms with Gasteiger partial charge in [-0.15, -0.1) is 0 Å². The molecule has 1 heterocycles. The first-order valence-corrected chi connectivity index (χ1v) is 5.82. The van der Waals surface area contributed by atoms with Crippen molar-refractivity contribution in [3.05, 3.63) is 29.7 Å². The van der Waals surface area contributed by atoms with Gasteiger partial charge in [0.25, 0.3) is 0 Å². The van der Waals surface area contributed by atoms with Gasteiger partial charge in [0.2, 0.25) is 0 Å². The lowest BCUT2D eigenvalue weighted by Crippen LogP contribution is -2.12. The number of nitrogens with two attached hydrogens (primary N) is 1. The Bertz CT molecular complexity index is 476. The number of fused-ring (bicyclic) bond motifs is 1. The molecule has 3 heteroatoms. The van der Waals surface area contributed by atoms with Crippen molar-refractivity contribution >= 4 is 11.1 Å². The molecule has 1 atom stereocenters. The van der Waals surface area contributed by atoms with Gasteiger partial charge in [0, 0.05) is 12.5 Å². The average Bonchev–Trinajstić information content (AvgIpc) is 2.71. The number of oxazole rings is 1. The molecule has 1 aromatic heterocycles. The fraction of sp³-hybridized carbons (Fsp3) is 0.462. The molecule has 0 fully saturated rings. The second-order valence-electron chi connectivity index (χ2n) is 4.20. The smallest absolute Gasteiger partial charge is 0.199 e. The Labute approximate surface area is 95.7 Å². The van der Waals surface area contributed by atoms with Crippen LogP contribution >= 0.6 is 0 Å². The summed E-state index contributed by atoms with van der Waals surface area (Å²) in [5.74, 6) is 1.03. The summed E-state index contributed by atoms with van der Waals surface area (Å²) in [4.78, 5) is 4.56. The summed E-state index contributed by atoms with van der Waals surface area (Å²) in [7, 11) is 0. The van der Waals surface area contributed by atoms with Crippen LogP contribution < -0.4 is 5.73 Å². The third-order valence-corrected chi connectivity index (χ3v) is 2.91. The zero-order valence-corrected chi connectivity index (χ0v) is 9.86. The summed E-state index contributed by atoms with van der Waals surface area (Å²) >= 11 is 0. The summed E-state index contributed by atoms with van der Waals surface area (Å²) in [5, 5.41) is 0. The van der Waals surface area contributed by atoms with Gasteiger partial charge in [0.15, 0.2) is 11.5 Å². The number of rotatable bonds is 4. The highest BCUT2D eigenvalue weighted by Crippen LogP contribution is 2.25. The Morgan fingerprint density at radius 1 is 1.44 bits per heavy atom. The van der Waals surface area contributed by atoms with Gasteiger partial charge in [0.1, 0.15) is 5.52 Å². The van der Waals surface area contributed by atoms with E-state index in [9.17, 15) is 0 Å². The fourth-order valence-corrected chi connectivity index (χ4v) is 1.97. The van der Waals surface area contributed by atoms with E-state index in [0.717, 1.165) is 35.4 Å². The van der Waals surface area contributed by atoms with E-state index < -0.39 is 0 Å². The number of benzene rings is 1. The average molecular weight is 218 g/mol. The second kappa shape index (κ2) is 4.66. The monoisotopic (exact) mass is 218 g/mol. The molecule has 0 bridgehead atoms. The molecule has 0 aliphatic heterocycles. The first kappa shape index (κ1) is 11.1. The van der Waals surface area contributed by atoms with Crippen molar-refractivity contribution in [2.45, 2.75) is 32.6 Å². The Morgan fingerprint density at radius 2 is 2.25 bits per heavy atom. The van der Waals surface area contributed by atoms with Crippen molar-refractivity contribution in [3.8, 4) is 0 Å². The molecule has 86 valence electrons. The van der Waals surface area contributed by atoms with E-state index in [4.69, 9.17) is 10.2 Å². The van der Waals surface area contributed by atoms with Gasteiger partial charge in [-0.05, 0) is 25.0 Å². The van der Waals surface area contributed by atoms with Crippen LogP contribution in [0.2, 0.25) is 0 Å². The van der Waals surface area contributed by atoms with Crippen molar-refractivity contribution in [1.29, 1.82) is 0 Å². The molecule has 2 aromatic rings. The number of nitrogens with zero attached hydrogens (tertiary/aromatic N) is 1. The summed E-state index contributed by atoms with van der Waals surface area (Å²) in [6.07, 6.45) is 2.13. The zero-order valence-electron chi connectivity index (χ0n) is 9.86. The topological polar surface area (TPSA) is 52.0 Å². The SMILES string of the molecule is CCCC(CN)c1nc2c(C)cccc2o1. The number of hydrogen-bond acceptors (Lipinski definition) is 3. The summed E-state index contributed by atoms with van der Waals surface area (Å²) in [6.45, 7) is 4.79. The van der Waals surface area contributed by atoms with Crippen LogP contribution in [0.4, 0.5) is 0 Å². The van der Waals surface area contributed by atoms with Crippen LogP contribution in [0.15, 0.2) is 22.6 Å². The van der Waals surface area contributed by atoms with Gasteiger partial charge in [-0.1, -0.05) is 25.5 Å². The maximum atomic E-state index is 5.76. The third-order valence-electron chi connectivity index (χ3n) is 2.91. The van der Waals surface area contributed by atoms with E-state index in [0.29, 0.717) is 6.54 Å². The van der Waals surface area contributed by atoms with Crippen molar-refractivity contribution < 1.29 is 4.42 Å². The minimum absolute atomic E-state index is 0.247. The van der Waals surface area contributed by atoms with E-state index >= 15 is 0 Å². The number of aromatic nitrogens is 1. The van der Waals surface area contributed by atoms with Gasteiger partial charge < -0.3 is 10.2 Å². The normalized spacial score (nSPS) is 13.2. The predicted molar refractivity (Wildman–Crippen MR) is 65.4 cm³/mol. The van der Waals surface area contributed by atoms with Crippen LogP contribution in [0, 0.1) is 6.92 Å². The highest BCUT2D eigenvalue weighted by Gasteiger charge is 2.16. The van der Waals surface area contributed by atoms with Crippen LogP contribution in [-0.4, -0.2) is 11.5 Å². The summed E-state index contributed by atoms with van der Waals surface area (Å²) < 4.78 is 5.76. The number of aryl methyl sites for hydroxylation is 1. The Hall–Kier alpha value is -1.35. The van der Waals surface area contributed by atoms with E-state index in [2.05, 4.69) is 11.9 Å². The molecule has 0 radical (unpaired) electrons. The van der Waals surface area contributed by atoms with Crippen molar-refractivity contribution in [1.82, 2.24) is 4.98 Å². The Kier molecular flexibility index (Phi) is 3.25. The lowest BCUT2D eigenvalue weighted by molar-refractivity contribution is 0.453. The third kappa shape index (κ3) is 1.95. The molecule has 0 saturated carbocycles.